The third-order valence-corrected chi connectivity index (χ3v) is 4.02. The molecule has 1 fully saturated rings. The molecule has 20 heavy (non-hydrogen) atoms. The van der Waals surface area contributed by atoms with E-state index in [4.69, 9.17) is 0 Å². The molecule has 2 rings (SSSR count). The Bertz CT molecular complexity index is 440. The second-order valence-corrected chi connectivity index (χ2v) is 6.53. The lowest BCUT2D eigenvalue weighted by Gasteiger charge is -2.26. The van der Waals surface area contributed by atoms with Crippen LogP contribution in [0.15, 0.2) is 6.20 Å². The van der Waals surface area contributed by atoms with Gasteiger partial charge in [0.1, 0.15) is 0 Å². The first kappa shape index (κ1) is 15.2. The molecule has 112 valence electrons. The summed E-state index contributed by atoms with van der Waals surface area (Å²) in [5.74, 6) is 1.53. The molecule has 0 radical (unpaired) electrons. The summed E-state index contributed by atoms with van der Waals surface area (Å²) in [5, 5.41) is 3.52. The van der Waals surface area contributed by atoms with Crippen molar-refractivity contribution in [2.75, 3.05) is 11.9 Å². The van der Waals surface area contributed by atoms with E-state index in [-0.39, 0.29) is 0 Å². The van der Waals surface area contributed by atoms with Gasteiger partial charge in [-0.3, -0.25) is 0 Å². The molecule has 0 aromatic carbocycles. The lowest BCUT2D eigenvalue weighted by atomic mass is 10.0. The molecule has 0 amide bonds. The Morgan fingerprint density at radius 3 is 2.60 bits per heavy atom. The normalized spacial score (nSPS) is 16.5. The molecule has 0 spiro atoms. The van der Waals surface area contributed by atoms with Crippen LogP contribution in [0.2, 0.25) is 0 Å². The van der Waals surface area contributed by atoms with Crippen molar-refractivity contribution in [1.29, 1.82) is 0 Å². The predicted octanol–water partition coefficient (Wildman–Crippen LogP) is 2.91. The number of hydrogen-bond donors (Lipinski definition) is 1. The SMILES string of the molecule is Cc1nc(N(C)C(C)CC(C)C)ncc1CNC1CC1. The number of anilines is 1. The highest BCUT2D eigenvalue weighted by Gasteiger charge is 2.21. The van der Waals surface area contributed by atoms with Gasteiger partial charge in [0.15, 0.2) is 0 Å². The van der Waals surface area contributed by atoms with Crippen LogP contribution in [-0.4, -0.2) is 29.1 Å². The molecular formula is C16H28N4. The Labute approximate surface area is 123 Å². The van der Waals surface area contributed by atoms with Crippen molar-refractivity contribution in [3.05, 3.63) is 17.5 Å². The zero-order valence-corrected chi connectivity index (χ0v) is 13.5. The average Bonchev–Trinajstić information content (AvgIpc) is 3.19. The Morgan fingerprint density at radius 2 is 2.05 bits per heavy atom. The van der Waals surface area contributed by atoms with E-state index in [9.17, 15) is 0 Å². The quantitative estimate of drug-likeness (QED) is 0.831. The molecule has 0 saturated heterocycles. The van der Waals surface area contributed by atoms with Crippen LogP contribution < -0.4 is 10.2 Å². The first-order valence-electron chi connectivity index (χ1n) is 7.76. The van der Waals surface area contributed by atoms with Crippen molar-refractivity contribution in [1.82, 2.24) is 15.3 Å². The topological polar surface area (TPSA) is 41.1 Å². The summed E-state index contributed by atoms with van der Waals surface area (Å²) in [6.07, 6.45) is 5.76. The average molecular weight is 276 g/mol. The minimum Gasteiger partial charge on any atom is -0.341 e. The molecular weight excluding hydrogens is 248 g/mol. The highest BCUT2D eigenvalue weighted by Crippen LogP contribution is 2.20. The van der Waals surface area contributed by atoms with Gasteiger partial charge in [-0.25, -0.2) is 9.97 Å². The van der Waals surface area contributed by atoms with Gasteiger partial charge in [-0.1, -0.05) is 13.8 Å². The third-order valence-electron chi connectivity index (χ3n) is 4.02. The monoisotopic (exact) mass is 276 g/mol. The van der Waals surface area contributed by atoms with Gasteiger partial charge in [-0.15, -0.1) is 0 Å². The van der Waals surface area contributed by atoms with Crippen LogP contribution in [0.3, 0.4) is 0 Å². The van der Waals surface area contributed by atoms with E-state index >= 15 is 0 Å². The Balaban J connectivity index is 1.99. The van der Waals surface area contributed by atoms with E-state index in [0.29, 0.717) is 12.0 Å². The van der Waals surface area contributed by atoms with Gasteiger partial charge in [-0.2, -0.15) is 0 Å². The molecule has 1 aromatic heterocycles. The van der Waals surface area contributed by atoms with E-state index in [2.05, 4.69) is 54.9 Å². The van der Waals surface area contributed by atoms with E-state index in [1.165, 1.54) is 18.4 Å². The van der Waals surface area contributed by atoms with Gasteiger partial charge >= 0.3 is 0 Å². The summed E-state index contributed by atoms with van der Waals surface area (Å²) in [5.41, 5.74) is 2.30. The molecule has 1 saturated carbocycles. The largest absolute Gasteiger partial charge is 0.341 e. The van der Waals surface area contributed by atoms with Gasteiger partial charge in [0.05, 0.1) is 0 Å². The molecule has 0 bridgehead atoms. The fourth-order valence-electron chi connectivity index (χ4n) is 2.40. The summed E-state index contributed by atoms with van der Waals surface area (Å²) in [6.45, 7) is 9.71. The standard InChI is InChI=1S/C16H28N4/c1-11(2)8-12(3)20(5)16-18-10-14(13(4)19-16)9-17-15-6-7-15/h10-12,15,17H,6-9H2,1-5H3. The number of aryl methyl sites for hydroxylation is 1. The number of hydrogen-bond acceptors (Lipinski definition) is 4. The Hall–Kier alpha value is -1.16. The van der Waals surface area contributed by atoms with E-state index in [1.807, 2.05) is 6.20 Å². The summed E-state index contributed by atoms with van der Waals surface area (Å²) >= 11 is 0. The minimum atomic E-state index is 0.463. The smallest absolute Gasteiger partial charge is 0.225 e. The lowest BCUT2D eigenvalue weighted by molar-refractivity contribution is 0.499. The molecule has 4 nitrogen and oxygen atoms in total. The molecule has 1 unspecified atom stereocenters. The number of nitrogens with zero attached hydrogens (tertiary/aromatic N) is 3. The highest BCUT2D eigenvalue weighted by molar-refractivity contribution is 5.33. The Morgan fingerprint density at radius 1 is 1.35 bits per heavy atom. The van der Waals surface area contributed by atoms with Crippen LogP contribution in [0.4, 0.5) is 5.95 Å². The summed E-state index contributed by atoms with van der Waals surface area (Å²) < 4.78 is 0. The van der Waals surface area contributed by atoms with E-state index < -0.39 is 0 Å². The summed E-state index contributed by atoms with van der Waals surface area (Å²) in [6, 6.07) is 1.19. The maximum atomic E-state index is 4.67. The molecule has 1 aliphatic carbocycles. The molecule has 1 N–H and O–H groups in total. The van der Waals surface area contributed by atoms with Gasteiger partial charge in [0, 0.05) is 43.1 Å². The van der Waals surface area contributed by atoms with Gasteiger partial charge in [-0.05, 0) is 39.0 Å². The zero-order valence-electron chi connectivity index (χ0n) is 13.5. The molecule has 1 aliphatic rings. The maximum absolute atomic E-state index is 4.67. The maximum Gasteiger partial charge on any atom is 0.225 e. The van der Waals surface area contributed by atoms with E-state index in [1.54, 1.807) is 0 Å². The second-order valence-electron chi connectivity index (χ2n) is 6.53. The zero-order chi connectivity index (χ0) is 14.7. The van der Waals surface area contributed by atoms with Gasteiger partial charge in [0.2, 0.25) is 5.95 Å². The predicted molar refractivity (Wildman–Crippen MR) is 84.0 cm³/mol. The summed E-state index contributed by atoms with van der Waals surface area (Å²) in [4.78, 5) is 11.4. The van der Waals surface area contributed by atoms with Crippen LogP contribution in [0, 0.1) is 12.8 Å². The van der Waals surface area contributed by atoms with Crippen molar-refractivity contribution < 1.29 is 0 Å². The number of nitrogens with one attached hydrogen (secondary N) is 1. The first-order chi connectivity index (χ1) is 9.47. The minimum absolute atomic E-state index is 0.463. The van der Waals surface area contributed by atoms with Crippen LogP contribution in [0.25, 0.3) is 0 Å². The third kappa shape index (κ3) is 4.17. The lowest BCUT2D eigenvalue weighted by Crippen LogP contribution is -2.32. The van der Waals surface area contributed by atoms with Crippen molar-refractivity contribution in [2.45, 2.75) is 65.6 Å². The molecule has 1 aromatic rings. The van der Waals surface area contributed by atoms with Crippen molar-refractivity contribution >= 4 is 5.95 Å². The Kier molecular flexibility index (Phi) is 4.97. The number of aromatic nitrogens is 2. The fourth-order valence-corrected chi connectivity index (χ4v) is 2.40. The van der Waals surface area contributed by atoms with Crippen molar-refractivity contribution in [3.8, 4) is 0 Å². The van der Waals surface area contributed by atoms with Crippen molar-refractivity contribution in [3.63, 3.8) is 0 Å². The first-order valence-corrected chi connectivity index (χ1v) is 7.76. The molecule has 1 atom stereocenters. The van der Waals surface area contributed by atoms with Gasteiger partial charge in [0.25, 0.3) is 0 Å². The summed E-state index contributed by atoms with van der Waals surface area (Å²) in [7, 11) is 2.09. The molecule has 4 heteroatoms. The molecule has 1 heterocycles. The molecule has 0 aliphatic heterocycles. The van der Waals surface area contributed by atoms with Crippen molar-refractivity contribution in [2.24, 2.45) is 5.92 Å². The van der Waals surface area contributed by atoms with Crippen LogP contribution in [0.1, 0.15) is 51.3 Å². The number of rotatable bonds is 7. The van der Waals surface area contributed by atoms with Crippen LogP contribution in [0.5, 0.6) is 0 Å². The van der Waals surface area contributed by atoms with E-state index in [0.717, 1.165) is 30.6 Å². The highest BCUT2D eigenvalue weighted by atomic mass is 15.2. The van der Waals surface area contributed by atoms with Crippen LogP contribution >= 0.6 is 0 Å². The fraction of sp³-hybridized carbons (Fsp3) is 0.750. The second kappa shape index (κ2) is 6.53. The van der Waals surface area contributed by atoms with Crippen LogP contribution in [-0.2, 0) is 6.54 Å². The van der Waals surface area contributed by atoms with Gasteiger partial charge < -0.3 is 10.2 Å².